The second-order valence-electron chi connectivity index (χ2n) is 5.43. The topological polar surface area (TPSA) is 17.1 Å². The number of carbonyl (C=O) groups excluding carboxylic acids is 1. The van der Waals surface area contributed by atoms with E-state index in [4.69, 9.17) is 11.6 Å². The third kappa shape index (κ3) is 0.246. The zero-order chi connectivity index (χ0) is 7.83. The summed E-state index contributed by atoms with van der Waals surface area (Å²) in [5, 5.41) is 0. The van der Waals surface area contributed by atoms with Gasteiger partial charge in [-0.3, -0.25) is 4.79 Å². The molecule has 6 atom stereocenters. The van der Waals surface area contributed by atoms with Crippen molar-refractivity contribution >= 4 is 17.4 Å². The molecule has 0 aromatic carbocycles. The van der Waals surface area contributed by atoms with Crippen LogP contribution in [0.5, 0.6) is 0 Å². The lowest BCUT2D eigenvalue weighted by Crippen LogP contribution is -2.13. The maximum Gasteiger partial charge on any atom is 0.140 e. The Bertz CT molecular complexity index is 324. The van der Waals surface area contributed by atoms with Crippen LogP contribution in [-0.4, -0.2) is 11.7 Å². The average Bonchev–Trinajstić information content (AvgIpc) is 2.86. The summed E-state index contributed by atoms with van der Waals surface area (Å²) in [7, 11) is 0. The monoisotopic (exact) mass is 180 g/mol. The molecular formula is C10H9ClO. The largest absolute Gasteiger partial charge is 0.299 e. The van der Waals surface area contributed by atoms with Crippen LogP contribution in [0.4, 0.5) is 0 Å². The molecule has 6 rings (SSSR count). The SMILES string of the molecule is O=C1C2C3C4C1C1C2C1(CCl)C34. The summed E-state index contributed by atoms with van der Waals surface area (Å²) in [6, 6.07) is 0. The van der Waals surface area contributed by atoms with Gasteiger partial charge in [0.05, 0.1) is 0 Å². The van der Waals surface area contributed by atoms with Gasteiger partial charge in [0, 0.05) is 17.7 Å². The lowest BCUT2D eigenvalue weighted by molar-refractivity contribution is -0.123. The third-order valence-electron chi connectivity index (χ3n) is 5.76. The van der Waals surface area contributed by atoms with Crippen molar-refractivity contribution in [2.24, 2.45) is 46.8 Å². The lowest BCUT2D eigenvalue weighted by atomic mass is 10.00. The van der Waals surface area contributed by atoms with Gasteiger partial charge in [0.1, 0.15) is 5.78 Å². The zero-order valence-corrected chi connectivity index (χ0v) is 7.29. The fourth-order valence-corrected chi connectivity index (χ4v) is 6.32. The molecule has 0 N–H and O–H groups in total. The molecule has 12 heavy (non-hydrogen) atoms. The first-order valence-electron chi connectivity index (χ1n) is 4.93. The minimum atomic E-state index is 0.508. The minimum absolute atomic E-state index is 0.508. The molecule has 2 bridgehead atoms. The molecule has 6 saturated carbocycles. The zero-order valence-electron chi connectivity index (χ0n) is 6.53. The molecule has 0 heterocycles. The van der Waals surface area contributed by atoms with Crippen LogP contribution in [0.25, 0.3) is 0 Å². The summed E-state index contributed by atoms with van der Waals surface area (Å²) >= 11 is 6.06. The Hall–Kier alpha value is -0.0400. The van der Waals surface area contributed by atoms with Crippen LogP contribution in [0.15, 0.2) is 0 Å². The predicted octanol–water partition coefficient (Wildman–Crippen LogP) is 1.16. The molecule has 0 radical (unpaired) electrons. The fraction of sp³-hybridized carbons (Fsp3) is 0.900. The van der Waals surface area contributed by atoms with Gasteiger partial charge in [0.15, 0.2) is 0 Å². The molecule has 62 valence electrons. The van der Waals surface area contributed by atoms with Crippen molar-refractivity contribution in [2.45, 2.75) is 0 Å². The van der Waals surface area contributed by atoms with Gasteiger partial charge < -0.3 is 0 Å². The van der Waals surface area contributed by atoms with Crippen LogP contribution in [-0.2, 0) is 4.79 Å². The molecule has 0 spiro atoms. The number of hydrogen-bond acceptors (Lipinski definition) is 1. The summed E-state index contributed by atoms with van der Waals surface area (Å²) in [6.45, 7) is 0. The summed E-state index contributed by atoms with van der Waals surface area (Å²) in [6.07, 6.45) is 0. The molecule has 6 aliphatic rings. The highest BCUT2D eigenvalue weighted by molar-refractivity contribution is 6.19. The van der Waals surface area contributed by atoms with Gasteiger partial charge >= 0.3 is 0 Å². The van der Waals surface area contributed by atoms with E-state index in [-0.39, 0.29) is 0 Å². The van der Waals surface area contributed by atoms with Crippen LogP contribution in [0.2, 0.25) is 0 Å². The molecule has 0 aliphatic heterocycles. The van der Waals surface area contributed by atoms with Crippen molar-refractivity contribution in [3.05, 3.63) is 0 Å². The molecule has 1 nitrogen and oxygen atoms in total. The quantitative estimate of drug-likeness (QED) is 0.554. The molecule has 2 heteroatoms. The number of Topliss-reactive ketones (excluding diaryl/α,β-unsaturated/α-hetero) is 1. The van der Waals surface area contributed by atoms with Gasteiger partial charge in [0.25, 0.3) is 0 Å². The number of halogens is 1. The fourth-order valence-electron chi connectivity index (χ4n) is 5.78. The summed E-state index contributed by atoms with van der Waals surface area (Å²) in [5.74, 6) is 6.61. The van der Waals surface area contributed by atoms with Crippen LogP contribution >= 0.6 is 11.6 Å². The Morgan fingerprint density at radius 2 is 1.75 bits per heavy atom. The molecule has 0 saturated heterocycles. The second-order valence-corrected chi connectivity index (χ2v) is 5.70. The Morgan fingerprint density at radius 3 is 2.08 bits per heavy atom. The van der Waals surface area contributed by atoms with Crippen molar-refractivity contribution in [3.8, 4) is 0 Å². The van der Waals surface area contributed by atoms with Crippen molar-refractivity contribution in [2.75, 3.05) is 5.88 Å². The summed E-state index contributed by atoms with van der Waals surface area (Å²) in [5.41, 5.74) is 0.514. The third-order valence-corrected chi connectivity index (χ3v) is 6.23. The van der Waals surface area contributed by atoms with Crippen molar-refractivity contribution in [3.63, 3.8) is 0 Å². The minimum Gasteiger partial charge on any atom is -0.299 e. The van der Waals surface area contributed by atoms with Gasteiger partial charge in [-0.05, 0) is 35.0 Å². The van der Waals surface area contributed by atoms with Gasteiger partial charge in [-0.2, -0.15) is 0 Å². The van der Waals surface area contributed by atoms with Crippen LogP contribution in [0.3, 0.4) is 0 Å². The Labute approximate surface area is 75.5 Å². The molecule has 6 aliphatic carbocycles. The number of alkyl halides is 1. The van der Waals surface area contributed by atoms with E-state index >= 15 is 0 Å². The summed E-state index contributed by atoms with van der Waals surface area (Å²) in [4.78, 5) is 11.7. The average molecular weight is 181 g/mol. The maximum absolute atomic E-state index is 11.7. The van der Waals surface area contributed by atoms with Gasteiger partial charge in [0.2, 0.25) is 0 Å². The summed E-state index contributed by atoms with van der Waals surface area (Å²) < 4.78 is 0. The Kier molecular flexibility index (Phi) is 0.533. The standard InChI is InChI=1S/C10H9ClO/c11-1-10-6-2-3(6)5-8(10)7(10)4(2)9(5)12/h2-8H,1H2. The van der Waals surface area contributed by atoms with E-state index in [2.05, 4.69) is 0 Å². The molecular weight excluding hydrogens is 172 g/mol. The van der Waals surface area contributed by atoms with E-state index < -0.39 is 0 Å². The highest BCUT2D eigenvalue weighted by atomic mass is 35.5. The smallest absolute Gasteiger partial charge is 0.140 e. The Balaban J connectivity index is 1.85. The van der Waals surface area contributed by atoms with E-state index in [1.54, 1.807) is 0 Å². The number of hydrogen-bond donors (Lipinski definition) is 0. The number of carbonyl (C=O) groups is 1. The first kappa shape index (κ1) is 5.64. The first-order chi connectivity index (χ1) is 5.84. The van der Waals surface area contributed by atoms with Crippen molar-refractivity contribution in [1.82, 2.24) is 0 Å². The van der Waals surface area contributed by atoms with Gasteiger partial charge in [-0.25, -0.2) is 0 Å². The van der Waals surface area contributed by atoms with E-state index in [1.165, 1.54) is 0 Å². The Morgan fingerprint density at radius 1 is 1.17 bits per heavy atom. The van der Waals surface area contributed by atoms with Crippen LogP contribution < -0.4 is 0 Å². The molecule has 6 fully saturated rings. The molecule has 0 aromatic rings. The highest BCUT2D eigenvalue weighted by Crippen LogP contribution is 2.98. The van der Waals surface area contributed by atoms with E-state index in [0.29, 0.717) is 23.0 Å². The lowest BCUT2D eigenvalue weighted by Gasteiger charge is -2.07. The van der Waals surface area contributed by atoms with E-state index in [0.717, 1.165) is 35.5 Å². The van der Waals surface area contributed by atoms with Crippen LogP contribution in [0, 0.1) is 46.8 Å². The van der Waals surface area contributed by atoms with Crippen LogP contribution in [0.1, 0.15) is 0 Å². The highest BCUT2D eigenvalue weighted by Gasteiger charge is 3.00. The van der Waals surface area contributed by atoms with Gasteiger partial charge in [-0.1, -0.05) is 0 Å². The molecule has 6 unspecified atom stereocenters. The maximum atomic E-state index is 11.7. The number of rotatable bonds is 1. The molecule has 0 amide bonds. The normalized spacial score (nSPS) is 83.4. The van der Waals surface area contributed by atoms with Crippen molar-refractivity contribution < 1.29 is 4.79 Å². The van der Waals surface area contributed by atoms with Crippen molar-refractivity contribution in [1.29, 1.82) is 0 Å². The second kappa shape index (κ2) is 1.13. The predicted molar refractivity (Wildman–Crippen MR) is 42.6 cm³/mol. The molecule has 0 aromatic heterocycles. The van der Waals surface area contributed by atoms with Gasteiger partial charge in [-0.15, -0.1) is 11.6 Å². The van der Waals surface area contributed by atoms with E-state index in [9.17, 15) is 4.79 Å². The first-order valence-corrected chi connectivity index (χ1v) is 5.47. The van der Waals surface area contributed by atoms with E-state index in [1.807, 2.05) is 0 Å². The number of ketones is 1.